The molecule has 6 aromatic rings. The van der Waals surface area contributed by atoms with Gasteiger partial charge in [-0.3, -0.25) is 9.59 Å². The summed E-state index contributed by atoms with van der Waals surface area (Å²) >= 11 is 0. The number of benzene rings is 5. The number of esters is 2. The quantitative estimate of drug-likeness (QED) is 0.182. The largest absolute Gasteiger partial charge is 0.426 e. The second kappa shape index (κ2) is 9.52. The van der Waals surface area contributed by atoms with Gasteiger partial charge in [-0.2, -0.15) is 0 Å². The number of nitrogens with zero attached hydrogens (tertiary/aromatic N) is 1. The molecule has 5 heteroatoms. The molecule has 0 aliphatic carbocycles. The Morgan fingerprint density at radius 2 is 1.21 bits per heavy atom. The van der Waals surface area contributed by atoms with Gasteiger partial charge in [-0.1, -0.05) is 78.9 Å². The van der Waals surface area contributed by atoms with E-state index in [0.29, 0.717) is 29.2 Å². The zero-order valence-corrected chi connectivity index (χ0v) is 21.1. The van der Waals surface area contributed by atoms with E-state index in [-0.39, 0.29) is 0 Å². The number of aromatic nitrogens is 1. The summed E-state index contributed by atoms with van der Waals surface area (Å²) in [5.41, 5.74) is 4.65. The number of ether oxygens (including phenoxy) is 2. The molecule has 0 aliphatic heterocycles. The van der Waals surface area contributed by atoms with Crippen LogP contribution in [0.3, 0.4) is 0 Å². The summed E-state index contributed by atoms with van der Waals surface area (Å²) in [6.07, 6.45) is 0. The lowest BCUT2D eigenvalue weighted by Gasteiger charge is -2.17. The summed E-state index contributed by atoms with van der Waals surface area (Å²) in [6.45, 7) is 3.45. The molecule has 0 fully saturated rings. The third-order valence-electron chi connectivity index (χ3n) is 6.73. The molecule has 1 heterocycles. The van der Waals surface area contributed by atoms with Crippen molar-refractivity contribution in [3.8, 4) is 22.6 Å². The maximum Gasteiger partial charge on any atom is 0.308 e. The van der Waals surface area contributed by atoms with Gasteiger partial charge in [-0.25, -0.2) is 0 Å². The Hall–Kier alpha value is -4.90. The van der Waals surface area contributed by atoms with Crippen LogP contribution in [0.1, 0.15) is 19.4 Å². The van der Waals surface area contributed by atoms with Gasteiger partial charge in [0.2, 0.25) is 0 Å². The van der Waals surface area contributed by atoms with Crippen LogP contribution in [-0.4, -0.2) is 16.5 Å². The van der Waals surface area contributed by atoms with E-state index in [2.05, 4.69) is 28.8 Å². The minimum atomic E-state index is -0.423. The SMILES string of the molecule is CC(=O)Oc1ccc2ccccc2c1-c1c(OC(C)=O)ccc2c1c1ccccc1n2Cc1ccccc1. The van der Waals surface area contributed by atoms with Crippen molar-refractivity contribution in [1.29, 1.82) is 0 Å². The Kier molecular flexibility index (Phi) is 5.89. The summed E-state index contributed by atoms with van der Waals surface area (Å²) in [6, 6.07) is 34.0. The molecule has 0 spiro atoms. The number of rotatable bonds is 5. The second-order valence-electron chi connectivity index (χ2n) is 9.27. The molecule has 1 aromatic heterocycles. The summed E-state index contributed by atoms with van der Waals surface area (Å²) in [5, 5.41) is 3.83. The van der Waals surface area contributed by atoms with Crippen molar-refractivity contribution in [2.75, 3.05) is 0 Å². The fourth-order valence-electron chi connectivity index (χ4n) is 5.29. The van der Waals surface area contributed by atoms with Crippen LogP contribution < -0.4 is 9.47 Å². The van der Waals surface area contributed by atoms with Crippen LogP contribution in [0.2, 0.25) is 0 Å². The Bertz CT molecular complexity index is 1850. The van der Waals surface area contributed by atoms with E-state index in [0.717, 1.165) is 32.6 Å². The van der Waals surface area contributed by atoms with Crippen LogP contribution in [0.4, 0.5) is 0 Å². The minimum absolute atomic E-state index is 0.414. The molecule has 0 N–H and O–H groups in total. The van der Waals surface area contributed by atoms with Gasteiger partial charge in [0, 0.05) is 47.8 Å². The third-order valence-corrected chi connectivity index (χ3v) is 6.73. The minimum Gasteiger partial charge on any atom is -0.426 e. The fourth-order valence-corrected chi connectivity index (χ4v) is 5.29. The Labute approximate surface area is 219 Å². The van der Waals surface area contributed by atoms with Gasteiger partial charge in [0.05, 0.1) is 5.52 Å². The summed E-state index contributed by atoms with van der Waals surface area (Å²) in [4.78, 5) is 24.4. The third kappa shape index (κ3) is 4.08. The smallest absolute Gasteiger partial charge is 0.308 e. The Balaban J connectivity index is 1.77. The average Bonchev–Trinajstić information content (AvgIpc) is 3.22. The number of carbonyl (C=O) groups is 2. The average molecular weight is 500 g/mol. The normalized spacial score (nSPS) is 11.2. The lowest BCUT2D eigenvalue weighted by molar-refractivity contribution is -0.132. The zero-order valence-electron chi connectivity index (χ0n) is 21.1. The summed E-state index contributed by atoms with van der Waals surface area (Å²) in [7, 11) is 0. The molecule has 186 valence electrons. The van der Waals surface area contributed by atoms with Crippen molar-refractivity contribution >= 4 is 44.5 Å². The molecule has 5 aromatic carbocycles. The first kappa shape index (κ1) is 23.5. The number of carbonyl (C=O) groups excluding carboxylic acids is 2. The van der Waals surface area contributed by atoms with Crippen molar-refractivity contribution in [1.82, 2.24) is 4.57 Å². The molecule has 0 unspecified atom stereocenters. The predicted octanol–water partition coefficient (Wildman–Crippen LogP) is 7.51. The monoisotopic (exact) mass is 499 g/mol. The van der Waals surface area contributed by atoms with Crippen molar-refractivity contribution in [3.05, 3.63) is 109 Å². The molecule has 38 heavy (non-hydrogen) atoms. The molecular weight excluding hydrogens is 474 g/mol. The van der Waals surface area contributed by atoms with E-state index in [1.807, 2.05) is 72.8 Å². The van der Waals surface area contributed by atoms with Crippen molar-refractivity contribution in [2.45, 2.75) is 20.4 Å². The summed E-state index contributed by atoms with van der Waals surface area (Å²) < 4.78 is 13.8. The Morgan fingerprint density at radius 3 is 1.95 bits per heavy atom. The molecule has 6 rings (SSSR count). The summed E-state index contributed by atoms with van der Waals surface area (Å²) in [5.74, 6) is -0.0171. The van der Waals surface area contributed by atoms with Crippen molar-refractivity contribution < 1.29 is 19.1 Å². The highest BCUT2D eigenvalue weighted by molar-refractivity contribution is 6.20. The van der Waals surface area contributed by atoms with Crippen LogP contribution in [0.5, 0.6) is 11.5 Å². The molecule has 5 nitrogen and oxygen atoms in total. The van der Waals surface area contributed by atoms with Gasteiger partial charge in [0.1, 0.15) is 11.5 Å². The topological polar surface area (TPSA) is 57.5 Å². The van der Waals surface area contributed by atoms with Gasteiger partial charge in [0.25, 0.3) is 0 Å². The number of hydrogen-bond acceptors (Lipinski definition) is 4. The number of para-hydroxylation sites is 1. The highest BCUT2D eigenvalue weighted by atomic mass is 16.5. The van der Waals surface area contributed by atoms with Crippen molar-refractivity contribution in [3.63, 3.8) is 0 Å². The molecule has 0 amide bonds. The van der Waals surface area contributed by atoms with E-state index < -0.39 is 11.9 Å². The maximum absolute atomic E-state index is 12.3. The molecule has 0 aliphatic rings. The lowest BCUT2D eigenvalue weighted by Crippen LogP contribution is -2.06. The van der Waals surface area contributed by atoms with E-state index >= 15 is 0 Å². The van der Waals surface area contributed by atoms with Crippen LogP contribution in [0.25, 0.3) is 43.7 Å². The predicted molar refractivity (Wildman–Crippen MR) is 151 cm³/mol. The van der Waals surface area contributed by atoms with Gasteiger partial charge < -0.3 is 14.0 Å². The van der Waals surface area contributed by atoms with Gasteiger partial charge in [-0.05, 0) is 40.6 Å². The maximum atomic E-state index is 12.3. The number of fused-ring (bicyclic) bond motifs is 4. The van der Waals surface area contributed by atoms with E-state index in [1.165, 1.54) is 19.4 Å². The first-order chi connectivity index (χ1) is 18.5. The van der Waals surface area contributed by atoms with E-state index in [9.17, 15) is 9.59 Å². The molecule has 0 bridgehead atoms. The molecule has 0 radical (unpaired) electrons. The first-order valence-corrected chi connectivity index (χ1v) is 12.5. The van der Waals surface area contributed by atoms with Crippen LogP contribution >= 0.6 is 0 Å². The van der Waals surface area contributed by atoms with Gasteiger partial charge in [-0.15, -0.1) is 0 Å². The van der Waals surface area contributed by atoms with Crippen LogP contribution in [0, 0.1) is 0 Å². The second-order valence-corrected chi connectivity index (χ2v) is 9.27. The van der Waals surface area contributed by atoms with Crippen molar-refractivity contribution in [2.24, 2.45) is 0 Å². The van der Waals surface area contributed by atoms with Gasteiger partial charge in [0.15, 0.2) is 0 Å². The number of hydrogen-bond donors (Lipinski definition) is 0. The first-order valence-electron chi connectivity index (χ1n) is 12.5. The molecular formula is C33H25NO4. The molecule has 0 saturated heterocycles. The molecule has 0 saturated carbocycles. The van der Waals surface area contributed by atoms with Crippen LogP contribution in [-0.2, 0) is 16.1 Å². The van der Waals surface area contributed by atoms with Crippen LogP contribution in [0.15, 0.2) is 103 Å². The van der Waals surface area contributed by atoms with Gasteiger partial charge >= 0.3 is 11.9 Å². The standard InChI is InChI=1S/C33H25NO4/c1-21(35)37-29-18-16-24-12-6-7-13-25(24)32(29)33-30(38-22(2)36)19-17-28-31(33)26-14-8-9-15-27(26)34(28)20-23-10-4-3-5-11-23/h3-19H,20H2,1-2H3. The zero-order chi connectivity index (χ0) is 26.2. The fraction of sp³-hybridized carbons (Fsp3) is 0.0909. The lowest BCUT2D eigenvalue weighted by atomic mass is 9.92. The highest BCUT2D eigenvalue weighted by Crippen LogP contribution is 2.48. The highest BCUT2D eigenvalue weighted by Gasteiger charge is 2.24. The van der Waals surface area contributed by atoms with E-state index in [1.54, 1.807) is 6.07 Å². The Morgan fingerprint density at radius 1 is 0.605 bits per heavy atom. The molecule has 0 atom stereocenters. The van der Waals surface area contributed by atoms with E-state index in [4.69, 9.17) is 9.47 Å².